The Morgan fingerprint density at radius 2 is 1.80 bits per heavy atom. The molecule has 2 heteroatoms. The molecule has 0 radical (unpaired) electrons. The topological polar surface area (TPSA) is 29.3 Å². The molecule has 0 unspecified atom stereocenters. The van der Waals surface area contributed by atoms with Crippen molar-refractivity contribution >= 4 is 11.4 Å². The molecule has 0 atom stereocenters. The first kappa shape index (κ1) is 15.2. The number of nitrogens with zero attached hydrogens (tertiary/aromatic N) is 1. The van der Waals surface area contributed by atoms with Crippen LogP contribution in [0.1, 0.15) is 63.9 Å². The molecule has 0 amide bonds. The van der Waals surface area contributed by atoms with Crippen LogP contribution in [0.4, 0.5) is 11.4 Å². The van der Waals surface area contributed by atoms with E-state index < -0.39 is 0 Å². The number of nitrogen functional groups attached to an aromatic ring is 1. The van der Waals surface area contributed by atoms with Gasteiger partial charge in [0.25, 0.3) is 0 Å². The maximum absolute atomic E-state index is 5.94. The van der Waals surface area contributed by atoms with E-state index >= 15 is 0 Å². The quantitative estimate of drug-likeness (QED) is 0.546. The molecule has 2 rings (SSSR count). The smallest absolute Gasteiger partial charge is 0.0419 e. The predicted molar refractivity (Wildman–Crippen MR) is 89.4 cm³/mol. The van der Waals surface area contributed by atoms with E-state index in [0.717, 1.165) is 5.69 Å². The lowest BCUT2D eigenvalue weighted by Crippen LogP contribution is -2.30. The lowest BCUT2D eigenvalue weighted by Gasteiger charge is -2.31. The van der Waals surface area contributed by atoms with Gasteiger partial charge in [-0.25, -0.2) is 0 Å². The second-order valence-electron chi connectivity index (χ2n) is 6.10. The Bertz CT molecular complexity index is 400. The SMILES string of the molecule is CCCCCCCCCN1CCCc2ccc(N)cc21. The molecule has 0 aromatic heterocycles. The molecule has 0 fully saturated rings. The zero-order valence-electron chi connectivity index (χ0n) is 13.0. The summed E-state index contributed by atoms with van der Waals surface area (Å²) < 4.78 is 0. The van der Waals surface area contributed by atoms with E-state index in [1.807, 2.05) is 6.07 Å². The average Bonchev–Trinajstić information content (AvgIpc) is 2.46. The minimum atomic E-state index is 0.898. The van der Waals surface area contributed by atoms with Crippen LogP contribution in [0.15, 0.2) is 18.2 Å². The van der Waals surface area contributed by atoms with Crippen molar-refractivity contribution in [2.45, 2.75) is 64.7 Å². The van der Waals surface area contributed by atoms with Crippen molar-refractivity contribution in [1.82, 2.24) is 0 Å². The Hall–Kier alpha value is -1.18. The van der Waals surface area contributed by atoms with E-state index in [4.69, 9.17) is 5.73 Å². The van der Waals surface area contributed by atoms with Gasteiger partial charge in [0.05, 0.1) is 0 Å². The minimum absolute atomic E-state index is 0.898. The molecule has 0 aliphatic carbocycles. The number of rotatable bonds is 8. The third kappa shape index (κ3) is 4.43. The number of aryl methyl sites for hydroxylation is 1. The highest BCUT2D eigenvalue weighted by atomic mass is 15.1. The number of unbranched alkanes of at least 4 members (excludes halogenated alkanes) is 6. The summed E-state index contributed by atoms with van der Waals surface area (Å²) >= 11 is 0. The summed E-state index contributed by atoms with van der Waals surface area (Å²) in [6.07, 6.45) is 12.2. The molecule has 1 aromatic carbocycles. The summed E-state index contributed by atoms with van der Waals surface area (Å²) in [6, 6.07) is 6.41. The van der Waals surface area contributed by atoms with Gasteiger partial charge in [-0.3, -0.25) is 0 Å². The fourth-order valence-electron chi connectivity index (χ4n) is 3.16. The molecule has 112 valence electrons. The minimum Gasteiger partial charge on any atom is -0.399 e. The lowest BCUT2D eigenvalue weighted by molar-refractivity contribution is 0.576. The molecule has 20 heavy (non-hydrogen) atoms. The Morgan fingerprint density at radius 3 is 2.60 bits per heavy atom. The van der Waals surface area contributed by atoms with Crippen LogP contribution in [-0.2, 0) is 6.42 Å². The fourth-order valence-corrected chi connectivity index (χ4v) is 3.16. The van der Waals surface area contributed by atoms with Crippen molar-refractivity contribution in [3.8, 4) is 0 Å². The Kier molecular flexibility index (Phi) is 6.23. The summed E-state index contributed by atoms with van der Waals surface area (Å²) in [5.41, 5.74) is 9.71. The van der Waals surface area contributed by atoms with Crippen molar-refractivity contribution in [1.29, 1.82) is 0 Å². The van der Waals surface area contributed by atoms with Crippen LogP contribution in [0.25, 0.3) is 0 Å². The summed E-state index contributed by atoms with van der Waals surface area (Å²) in [7, 11) is 0. The number of nitrogens with two attached hydrogens (primary N) is 1. The normalized spacial score (nSPS) is 14.3. The highest BCUT2D eigenvalue weighted by molar-refractivity contribution is 5.62. The molecule has 0 saturated carbocycles. The first-order chi connectivity index (χ1) is 9.81. The van der Waals surface area contributed by atoms with E-state index in [-0.39, 0.29) is 0 Å². The summed E-state index contributed by atoms with van der Waals surface area (Å²) in [6.45, 7) is 4.68. The van der Waals surface area contributed by atoms with E-state index in [2.05, 4.69) is 24.0 Å². The first-order valence-corrected chi connectivity index (χ1v) is 8.44. The molecule has 2 nitrogen and oxygen atoms in total. The van der Waals surface area contributed by atoms with Crippen LogP contribution in [-0.4, -0.2) is 13.1 Å². The first-order valence-electron chi connectivity index (χ1n) is 8.44. The number of hydrogen-bond donors (Lipinski definition) is 1. The summed E-state index contributed by atoms with van der Waals surface area (Å²) in [5, 5.41) is 0. The van der Waals surface area contributed by atoms with Crippen LogP contribution in [0, 0.1) is 0 Å². The Morgan fingerprint density at radius 1 is 1.05 bits per heavy atom. The average molecular weight is 274 g/mol. The van der Waals surface area contributed by atoms with Crippen molar-refractivity contribution < 1.29 is 0 Å². The third-order valence-electron chi connectivity index (χ3n) is 4.36. The summed E-state index contributed by atoms with van der Waals surface area (Å²) in [5.74, 6) is 0. The van der Waals surface area contributed by atoms with Gasteiger partial charge in [0.15, 0.2) is 0 Å². The standard InChI is InChI=1S/C18H30N2/c1-2-3-4-5-6-7-8-13-20-14-9-10-16-11-12-17(19)15-18(16)20/h11-12,15H,2-10,13-14,19H2,1H3. The Labute approximate surface area is 124 Å². The van der Waals surface area contributed by atoms with Crippen LogP contribution < -0.4 is 10.6 Å². The molecule has 0 saturated heterocycles. The fraction of sp³-hybridized carbons (Fsp3) is 0.667. The Balaban J connectivity index is 1.73. The van der Waals surface area contributed by atoms with Gasteiger partial charge >= 0.3 is 0 Å². The second kappa shape index (κ2) is 8.18. The number of benzene rings is 1. The van der Waals surface area contributed by atoms with Crippen molar-refractivity contribution in [3.05, 3.63) is 23.8 Å². The molecule has 1 heterocycles. The molecule has 1 aromatic rings. The van der Waals surface area contributed by atoms with Gasteiger partial charge in [-0.2, -0.15) is 0 Å². The van der Waals surface area contributed by atoms with E-state index in [9.17, 15) is 0 Å². The lowest BCUT2D eigenvalue weighted by atomic mass is 10.0. The largest absolute Gasteiger partial charge is 0.399 e. The highest BCUT2D eigenvalue weighted by Gasteiger charge is 2.16. The van der Waals surface area contributed by atoms with E-state index in [1.54, 1.807) is 0 Å². The van der Waals surface area contributed by atoms with Gasteiger partial charge in [0, 0.05) is 24.5 Å². The molecule has 1 aliphatic heterocycles. The van der Waals surface area contributed by atoms with Gasteiger partial charge in [0.2, 0.25) is 0 Å². The van der Waals surface area contributed by atoms with Crippen LogP contribution in [0.3, 0.4) is 0 Å². The van der Waals surface area contributed by atoms with Crippen LogP contribution in [0.5, 0.6) is 0 Å². The van der Waals surface area contributed by atoms with E-state index in [0.29, 0.717) is 0 Å². The second-order valence-corrected chi connectivity index (χ2v) is 6.10. The molecular formula is C18H30N2. The van der Waals surface area contributed by atoms with Crippen molar-refractivity contribution in [2.24, 2.45) is 0 Å². The van der Waals surface area contributed by atoms with Gasteiger partial charge < -0.3 is 10.6 Å². The third-order valence-corrected chi connectivity index (χ3v) is 4.36. The molecular weight excluding hydrogens is 244 g/mol. The van der Waals surface area contributed by atoms with Gasteiger partial charge in [-0.1, -0.05) is 51.5 Å². The maximum atomic E-state index is 5.94. The molecule has 1 aliphatic rings. The predicted octanol–water partition coefficient (Wildman–Crippen LogP) is 4.77. The van der Waals surface area contributed by atoms with Crippen molar-refractivity contribution in [2.75, 3.05) is 23.7 Å². The summed E-state index contributed by atoms with van der Waals surface area (Å²) in [4.78, 5) is 2.54. The van der Waals surface area contributed by atoms with Crippen molar-refractivity contribution in [3.63, 3.8) is 0 Å². The van der Waals surface area contributed by atoms with Gasteiger partial charge in [0.1, 0.15) is 0 Å². The number of anilines is 2. The molecule has 0 bridgehead atoms. The number of hydrogen-bond acceptors (Lipinski definition) is 2. The zero-order chi connectivity index (χ0) is 14.2. The monoisotopic (exact) mass is 274 g/mol. The highest BCUT2D eigenvalue weighted by Crippen LogP contribution is 2.29. The van der Waals surface area contributed by atoms with Crippen LogP contribution >= 0.6 is 0 Å². The zero-order valence-corrected chi connectivity index (χ0v) is 13.0. The molecule has 2 N–H and O–H groups in total. The van der Waals surface area contributed by atoms with E-state index in [1.165, 1.54) is 82.1 Å². The maximum Gasteiger partial charge on any atom is 0.0419 e. The van der Waals surface area contributed by atoms with Crippen LogP contribution in [0.2, 0.25) is 0 Å². The van der Waals surface area contributed by atoms with Gasteiger partial charge in [-0.15, -0.1) is 0 Å². The number of fused-ring (bicyclic) bond motifs is 1. The van der Waals surface area contributed by atoms with Gasteiger partial charge in [-0.05, 0) is 37.0 Å². The molecule has 0 spiro atoms.